The Balaban J connectivity index is 1.60. The molecule has 0 aliphatic rings. The largest absolute Gasteiger partial charge is 0.481 e. The van der Waals surface area contributed by atoms with Crippen molar-refractivity contribution in [2.45, 2.75) is 13.5 Å². The van der Waals surface area contributed by atoms with Crippen molar-refractivity contribution in [3.63, 3.8) is 0 Å². The molecule has 3 aromatic rings. The van der Waals surface area contributed by atoms with Crippen LogP contribution in [0.15, 0.2) is 40.1 Å². The Morgan fingerprint density at radius 3 is 2.88 bits per heavy atom. The number of furan rings is 1. The molecule has 0 aliphatic heterocycles. The highest BCUT2D eigenvalue weighted by molar-refractivity contribution is 7.09. The Labute approximate surface area is 154 Å². The van der Waals surface area contributed by atoms with Gasteiger partial charge in [0.05, 0.1) is 12.5 Å². The van der Waals surface area contributed by atoms with Gasteiger partial charge in [0.2, 0.25) is 0 Å². The van der Waals surface area contributed by atoms with E-state index in [0.717, 1.165) is 21.7 Å². The Bertz CT molecular complexity index is 900. The number of benzene rings is 1. The van der Waals surface area contributed by atoms with Gasteiger partial charge in [-0.2, -0.15) is 0 Å². The Morgan fingerprint density at radius 1 is 1.38 bits per heavy atom. The third kappa shape index (κ3) is 4.02. The minimum Gasteiger partial charge on any atom is -0.481 e. The van der Waals surface area contributed by atoms with Crippen LogP contribution in [-0.2, 0) is 11.3 Å². The first-order chi connectivity index (χ1) is 12.4. The van der Waals surface area contributed by atoms with Crippen LogP contribution in [0.2, 0.25) is 0 Å². The molecule has 0 aliphatic carbocycles. The number of aliphatic carboxylic acids is 1. The number of nitrogens with zero attached hydrogens (tertiary/aromatic N) is 2. The van der Waals surface area contributed by atoms with Gasteiger partial charge >= 0.3 is 12.0 Å². The number of hydrogen-bond donors (Lipinski definition) is 2. The highest BCUT2D eigenvalue weighted by Gasteiger charge is 2.17. The van der Waals surface area contributed by atoms with Crippen LogP contribution in [0.3, 0.4) is 0 Å². The van der Waals surface area contributed by atoms with E-state index in [1.165, 1.54) is 16.2 Å². The molecule has 1 unspecified atom stereocenters. The average Bonchev–Trinajstić information content (AvgIpc) is 3.25. The first-order valence-corrected chi connectivity index (χ1v) is 8.97. The fraction of sp³-hybridized carbons (Fsp3) is 0.278. The zero-order valence-corrected chi connectivity index (χ0v) is 15.2. The van der Waals surface area contributed by atoms with E-state index in [1.807, 2.05) is 35.7 Å². The van der Waals surface area contributed by atoms with Crippen LogP contribution in [0, 0.1) is 5.92 Å². The molecule has 1 atom stereocenters. The number of amides is 2. The van der Waals surface area contributed by atoms with Crippen molar-refractivity contribution in [2.75, 3.05) is 13.6 Å². The zero-order chi connectivity index (χ0) is 18.7. The predicted molar refractivity (Wildman–Crippen MR) is 99.0 cm³/mol. The SMILES string of the molecule is CC(CN(C)C(=O)NCc1nc(-c2cc3ccccc3o2)cs1)C(=O)O. The maximum atomic E-state index is 12.0. The Kier molecular flexibility index (Phi) is 5.22. The fourth-order valence-corrected chi connectivity index (χ4v) is 3.19. The summed E-state index contributed by atoms with van der Waals surface area (Å²) in [7, 11) is 1.57. The summed E-state index contributed by atoms with van der Waals surface area (Å²) in [5.41, 5.74) is 1.53. The molecule has 0 radical (unpaired) electrons. The van der Waals surface area contributed by atoms with Crippen molar-refractivity contribution in [1.82, 2.24) is 15.2 Å². The van der Waals surface area contributed by atoms with E-state index in [0.29, 0.717) is 5.76 Å². The highest BCUT2D eigenvalue weighted by atomic mass is 32.1. The van der Waals surface area contributed by atoms with E-state index in [9.17, 15) is 9.59 Å². The van der Waals surface area contributed by atoms with Gasteiger partial charge in [-0.25, -0.2) is 9.78 Å². The topological polar surface area (TPSA) is 95.7 Å². The number of hydrogen-bond acceptors (Lipinski definition) is 5. The molecule has 0 saturated heterocycles. The van der Waals surface area contributed by atoms with Crippen LogP contribution in [0.4, 0.5) is 4.79 Å². The number of carbonyl (C=O) groups is 2. The zero-order valence-electron chi connectivity index (χ0n) is 14.4. The number of nitrogens with one attached hydrogen (secondary N) is 1. The van der Waals surface area contributed by atoms with E-state index in [4.69, 9.17) is 9.52 Å². The van der Waals surface area contributed by atoms with Gasteiger partial charge in [0.25, 0.3) is 0 Å². The molecule has 136 valence electrons. The second-order valence-electron chi connectivity index (χ2n) is 6.05. The molecular weight excluding hydrogens is 354 g/mol. The minimum absolute atomic E-state index is 0.142. The molecule has 0 fully saturated rings. The summed E-state index contributed by atoms with van der Waals surface area (Å²) in [4.78, 5) is 28.8. The van der Waals surface area contributed by atoms with E-state index in [2.05, 4.69) is 10.3 Å². The maximum Gasteiger partial charge on any atom is 0.317 e. The van der Waals surface area contributed by atoms with Crippen LogP contribution in [0.5, 0.6) is 0 Å². The van der Waals surface area contributed by atoms with E-state index >= 15 is 0 Å². The van der Waals surface area contributed by atoms with Crippen molar-refractivity contribution in [3.8, 4) is 11.5 Å². The van der Waals surface area contributed by atoms with Crippen LogP contribution in [-0.4, -0.2) is 40.6 Å². The lowest BCUT2D eigenvalue weighted by Gasteiger charge is -2.19. The summed E-state index contributed by atoms with van der Waals surface area (Å²) in [6.07, 6.45) is 0. The molecule has 0 saturated carbocycles. The number of carbonyl (C=O) groups excluding carboxylic acids is 1. The molecule has 0 spiro atoms. The molecule has 2 heterocycles. The third-order valence-corrected chi connectivity index (χ3v) is 4.79. The Hall–Kier alpha value is -2.87. The number of thiazole rings is 1. The number of para-hydroxylation sites is 1. The predicted octanol–water partition coefficient (Wildman–Crippen LogP) is 3.42. The highest BCUT2D eigenvalue weighted by Crippen LogP contribution is 2.28. The van der Waals surface area contributed by atoms with Crippen LogP contribution in [0.25, 0.3) is 22.4 Å². The second-order valence-corrected chi connectivity index (χ2v) is 7.00. The van der Waals surface area contributed by atoms with Gasteiger partial charge in [-0.15, -0.1) is 11.3 Å². The number of carboxylic acid groups (broad SMARTS) is 1. The van der Waals surface area contributed by atoms with Crippen LogP contribution >= 0.6 is 11.3 Å². The number of rotatable bonds is 6. The molecule has 2 aromatic heterocycles. The number of urea groups is 1. The molecule has 1 aromatic carbocycles. The molecule has 3 rings (SSSR count). The summed E-state index contributed by atoms with van der Waals surface area (Å²) in [5, 5.41) is 15.3. The van der Waals surface area contributed by atoms with Gasteiger partial charge < -0.3 is 19.7 Å². The van der Waals surface area contributed by atoms with Gasteiger partial charge in [0, 0.05) is 24.4 Å². The van der Waals surface area contributed by atoms with Crippen molar-refractivity contribution in [1.29, 1.82) is 0 Å². The van der Waals surface area contributed by atoms with Crippen molar-refractivity contribution < 1.29 is 19.1 Å². The van der Waals surface area contributed by atoms with E-state index < -0.39 is 11.9 Å². The van der Waals surface area contributed by atoms with Crippen molar-refractivity contribution >= 4 is 34.3 Å². The molecule has 0 bridgehead atoms. The van der Waals surface area contributed by atoms with Crippen molar-refractivity contribution in [3.05, 3.63) is 40.7 Å². The lowest BCUT2D eigenvalue weighted by molar-refractivity contribution is -0.141. The molecule has 7 nitrogen and oxygen atoms in total. The van der Waals surface area contributed by atoms with E-state index in [-0.39, 0.29) is 19.1 Å². The first-order valence-electron chi connectivity index (χ1n) is 8.09. The fourth-order valence-electron chi connectivity index (χ4n) is 2.47. The maximum absolute atomic E-state index is 12.0. The number of fused-ring (bicyclic) bond motifs is 1. The second kappa shape index (κ2) is 7.57. The van der Waals surface area contributed by atoms with Gasteiger partial charge in [0.15, 0.2) is 5.76 Å². The summed E-state index contributed by atoms with van der Waals surface area (Å²) >= 11 is 1.43. The van der Waals surface area contributed by atoms with Gasteiger partial charge in [-0.05, 0) is 12.1 Å². The minimum atomic E-state index is -0.931. The van der Waals surface area contributed by atoms with Gasteiger partial charge in [-0.3, -0.25) is 4.79 Å². The summed E-state index contributed by atoms with van der Waals surface area (Å²) < 4.78 is 5.79. The molecule has 26 heavy (non-hydrogen) atoms. The molecular formula is C18H19N3O4S. The molecule has 8 heteroatoms. The number of aromatic nitrogens is 1. The average molecular weight is 373 g/mol. The Morgan fingerprint density at radius 2 is 2.15 bits per heavy atom. The van der Waals surface area contributed by atoms with E-state index in [1.54, 1.807) is 14.0 Å². The molecule has 2 N–H and O–H groups in total. The van der Waals surface area contributed by atoms with Gasteiger partial charge in [-0.1, -0.05) is 25.1 Å². The standard InChI is InChI=1S/C18H19N3O4S/c1-11(17(22)23)9-21(2)18(24)19-8-16-20-13(10-26-16)15-7-12-5-3-4-6-14(12)25-15/h3-7,10-11H,8-9H2,1-2H3,(H,19,24)(H,22,23). The summed E-state index contributed by atoms with van der Waals surface area (Å²) in [6, 6.07) is 9.35. The first kappa shape index (κ1) is 17.9. The smallest absolute Gasteiger partial charge is 0.317 e. The third-order valence-electron chi connectivity index (χ3n) is 3.94. The van der Waals surface area contributed by atoms with Crippen LogP contribution in [0.1, 0.15) is 11.9 Å². The summed E-state index contributed by atoms with van der Waals surface area (Å²) in [6.45, 7) is 1.98. The monoisotopic (exact) mass is 373 g/mol. The molecule has 2 amide bonds. The number of carboxylic acids is 1. The van der Waals surface area contributed by atoms with Crippen LogP contribution < -0.4 is 5.32 Å². The summed E-state index contributed by atoms with van der Waals surface area (Å²) in [5.74, 6) is -0.863. The van der Waals surface area contributed by atoms with Crippen molar-refractivity contribution in [2.24, 2.45) is 5.92 Å². The van der Waals surface area contributed by atoms with Gasteiger partial charge in [0.1, 0.15) is 16.3 Å². The normalized spacial score (nSPS) is 12.1. The lowest BCUT2D eigenvalue weighted by Crippen LogP contribution is -2.40. The quantitative estimate of drug-likeness (QED) is 0.690. The lowest BCUT2D eigenvalue weighted by atomic mass is 10.2.